The van der Waals surface area contributed by atoms with Crippen molar-refractivity contribution in [2.75, 3.05) is 6.54 Å². The average molecular weight is 353 g/mol. The number of para-hydroxylation sites is 1. The lowest BCUT2D eigenvalue weighted by molar-refractivity contribution is -0.121. The number of nitrogens with one attached hydrogen (secondary N) is 1. The maximum Gasteiger partial charge on any atom is 0.261 e. The molecular weight excluding hydrogens is 330 g/mol. The summed E-state index contributed by atoms with van der Waals surface area (Å²) in [6.07, 6.45) is 2.36. The van der Waals surface area contributed by atoms with E-state index >= 15 is 0 Å². The van der Waals surface area contributed by atoms with Gasteiger partial charge in [-0.15, -0.1) is 0 Å². The molecule has 7 nitrogen and oxygen atoms in total. The lowest BCUT2D eigenvalue weighted by Gasteiger charge is -2.09. The van der Waals surface area contributed by atoms with Crippen LogP contribution >= 0.6 is 0 Å². The Morgan fingerprint density at radius 3 is 2.73 bits per heavy atom. The zero-order valence-corrected chi connectivity index (χ0v) is 15.3. The van der Waals surface area contributed by atoms with Crippen LogP contribution in [0.15, 0.2) is 35.4 Å². The zero-order chi connectivity index (χ0) is 18.7. The Morgan fingerprint density at radius 1 is 1.23 bits per heavy atom. The Morgan fingerprint density at radius 2 is 2.00 bits per heavy atom. The molecule has 2 aromatic heterocycles. The zero-order valence-electron chi connectivity index (χ0n) is 15.3. The number of aromatic nitrogens is 4. The van der Waals surface area contributed by atoms with Gasteiger partial charge in [-0.05, 0) is 38.0 Å². The van der Waals surface area contributed by atoms with Gasteiger partial charge in [0.1, 0.15) is 6.54 Å². The van der Waals surface area contributed by atoms with Crippen molar-refractivity contribution in [3.8, 4) is 0 Å². The fourth-order valence-corrected chi connectivity index (χ4v) is 3.19. The summed E-state index contributed by atoms with van der Waals surface area (Å²) in [5, 5.41) is 7.86. The summed E-state index contributed by atoms with van der Waals surface area (Å²) in [6.45, 7) is 7.16. The second-order valence-electron chi connectivity index (χ2n) is 6.27. The number of rotatable bonds is 6. The van der Waals surface area contributed by atoms with Crippen LogP contribution in [0, 0.1) is 13.8 Å². The van der Waals surface area contributed by atoms with E-state index in [4.69, 9.17) is 0 Å². The van der Waals surface area contributed by atoms with E-state index < -0.39 is 0 Å². The van der Waals surface area contributed by atoms with Crippen LogP contribution in [0.1, 0.15) is 23.9 Å². The van der Waals surface area contributed by atoms with Crippen LogP contribution in [-0.2, 0) is 24.3 Å². The number of hydrogen-bond donors (Lipinski definition) is 1. The second kappa shape index (κ2) is 7.51. The van der Waals surface area contributed by atoms with Crippen LogP contribution in [-0.4, -0.2) is 31.8 Å². The highest BCUT2D eigenvalue weighted by molar-refractivity contribution is 5.78. The first-order chi connectivity index (χ1) is 12.5. The summed E-state index contributed by atoms with van der Waals surface area (Å²) in [4.78, 5) is 28.8. The van der Waals surface area contributed by atoms with Gasteiger partial charge in [0.05, 0.1) is 29.5 Å². The smallest absolute Gasteiger partial charge is 0.261 e. The summed E-state index contributed by atoms with van der Waals surface area (Å²) in [5.41, 5.74) is 3.84. The number of nitrogens with zero attached hydrogens (tertiary/aromatic N) is 4. The van der Waals surface area contributed by atoms with Crippen molar-refractivity contribution in [1.29, 1.82) is 0 Å². The topological polar surface area (TPSA) is 81.8 Å². The van der Waals surface area contributed by atoms with Crippen molar-refractivity contribution in [3.05, 3.63) is 57.9 Å². The summed E-state index contributed by atoms with van der Waals surface area (Å²) < 4.78 is 3.24. The summed E-state index contributed by atoms with van der Waals surface area (Å²) in [5.74, 6) is -0.221. The first-order valence-corrected chi connectivity index (χ1v) is 8.75. The van der Waals surface area contributed by atoms with Gasteiger partial charge in [0.25, 0.3) is 5.56 Å². The molecule has 26 heavy (non-hydrogen) atoms. The van der Waals surface area contributed by atoms with Crippen LogP contribution in [0.2, 0.25) is 0 Å². The molecule has 1 amide bonds. The maximum atomic E-state index is 12.4. The van der Waals surface area contributed by atoms with E-state index in [1.165, 1.54) is 16.5 Å². The summed E-state index contributed by atoms with van der Waals surface area (Å²) in [6, 6.07) is 7.11. The molecule has 0 saturated heterocycles. The molecule has 0 atom stereocenters. The number of hydrogen-bond acceptors (Lipinski definition) is 4. The number of fused-ring (bicyclic) bond motifs is 1. The molecule has 0 unspecified atom stereocenters. The van der Waals surface area contributed by atoms with Crippen molar-refractivity contribution >= 4 is 16.8 Å². The second-order valence-corrected chi connectivity index (χ2v) is 6.27. The normalized spacial score (nSPS) is 11.0. The molecule has 0 aliphatic carbocycles. The van der Waals surface area contributed by atoms with Crippen molar-refractivity contribution < 1.29 is 4.79 Å². The number of aryl methyl sites for hydroxylation is 1. The maximum absolute atomic E-state index is 12.4. The highest BCUT2D eigenvalue weighted by Gasteiger charge is 2.11. The molecule has 0 saturated carbocycles. The van der Waals surface area contributed by atoms with Crippen molar-refractivity contribution in [1.82, 2.24) is 24.6 Å². The van der Waals surface area contributed by atoms with Gasteiger partial charge in [-0.25, -0.2) is 4.98 Å². The molecule has 7 heteroatoms. The first kappa shape index (κ1) is 17.8. The minimum Gasteiger partial charge on any atom is -0.353 e. The monoisotopic (exact) mass is 353 g/mol. The van der Waals surface area contributed by atoms with Crippen LogP contribution in [0.3, 0.4) is 0 Å². The molecule has 0 aliphatic heterocycles. The minimum atomic E-state index is -0.221. The van der Waals surface area contributed by atoms with Gasteiger partial charge >= 0.3 is 0 Å². The average Bonchev–Trinajstić information content (AvgIpc) is 2.90. The van der Waals surface area contributed by atoms with Gasteiger partial charge in [-0.1, -0.05) is 19.1 Å². The fourth-order valence-electron chi connectivity index (χ4n) is 3.19. The van der Waals surface area contributed by atoms with Crippen LogP contribution in [0.4, 0.5) is 0 Å². The molecule has 0 aliphatic rings. The molecule has 0 bridgehead atoms. The van der Waals surface area contributed by atoms with Gasteiger partial charge in [0.2, 0.25) is 5.91 Å². The van der Waals surface area contributed by atoms with Crippen LogP contribution < -0.4 is 10.9 Å². The fraction of sp³-hybridized carbons (Fsp3) is 0.368. The molecule has 2 heterocycles. The van der Waals surface area contributed by atoms with E-state index in [1.807, 2.05) is 24.6 Å². The van der Waals surface area contributed by atoms with Gasteiger partial charge in [0, 0.05) is 12.2 Å². The third-order valence-electron chi connectivity index (χ3n) is 4.58. The molecule has 136 valence electrons. The Labute approximate surface area is 151 Å². The van der Waals surface area contributed by atoms with Crippen molar-refractivity contribution in [3.63, 3.8) is 0 Å². The van der Waals surface area contributed by atoms with Crippen molar-refractivity contribution in [2.24, 2.45) is 0 Å². The Bertz CT molecular complexity index is 1000. The first-order valence-electron chi connectivity index (χ1n) is 8.75. The molecular formula is C19H23N5O2. The SMILES string of the molecule is CCc1c(C)nn(CCNC(=O)Cn2cnc3ccccc3c2=O)c1C. The lowest BCUT2D eigenvalue weighted by Crippen LogP contribution is -2.34. The van der Waals surface area contributed by atoms with Gasteiger partial charge < -0.3 is 5.32 Å². The molecule has 0 spiro atoms. The van der Waals surface area contributed by atoms with Gasteiger partial charge in [-0.3, -0.25) is 18.8 Å². The molecule has 1 aromatic carbocycles. The van der Waals surface area contributed by atoms with Crippen LogP contribution in [0.5, 0.6) is 0 Å². The van der Waals surface area contributed by atoms with Crippen LogP contribution in [0.25, 0.3) is 10.9 Å². The predicted molar refractivity (Wildman–Crippen MR) is 100 cm³/mol. The molecule has 0 fully saturated rings. The molecule has 0 radical (unpaired) electrons. The predicted octanol–water partition coefficient (Wildman–Crippen LogP) is 1.59. The van der Waals surface area contributed by atoms with E-state index in [1.54, 1.807) is 18.2 Å². The Balaban J connectivity index is 1.61. The summed E-state index contributed by atoms with van der Waals surface area (Å²) >= 11 is 0. The van der Waals surface area contributed by atoms with Gasteiger partial charge in [-0.2, -0.15) is 5.10 Å². The standard InChI is InChI=1S/C19H23N5O2/c1-4-15-13(2)22-24(14(15)3)10-9-20-18(25)11-23-12-21-17-8-6-5-7-16(17)19(23)26/h5-8,12H,4,9-11H2,1-3H3,(H,20,25). The largest absolute Gasteiger partial charge is 0.353 e. The van der Waals surface area contributed by atoms with E-state index in [-0.39, 0.29) is 18.0 Å². The molecule has 1 N–H and O–H groups in total. The quantitative estimate of drug-likeness (QED) is 0.730. The Kier molecular flexibility index (Phi) is 5.16. The van der Waals surface area contributed by atoms with Crippen molar-refractivity contribution in [2.45, 2.75) is 40.3 Å². The highest BCUT2D eigenvalue weighted by Crippen LogP contribution is 2.12. The molecule has 3 aromatic rings. The van der Waals surface area contributed by atoms with E-state index in [2.05, 4.69) is 22.3 Å². The van der Waals surface area contributed by atoms with E-state index in [9.17, 15) is 9.59 Å². The number of benzene rings is 1. The molecule has 3 rings (SSSR count). The summed E-state index contributed by atoms with van der Waals surface area (Å²) in [7, 11) is 0. The number of carbonyl (C=O) groups is 1. The number of carbonyl (C=O) groups excluding carboxylic acids is 1. The minimum absolute atomic E-state index is 0.0476. The van der Waals surface area contributed by atoms with Gasteiger partial charge in [0.15, 0.2) is 0 Å². The Hall–Kier alpha value is -2.96. The lowest BCUT2D eigenvalue weighted by atomic mass is 10.1. The third kappa shape index (κ3) is 3.51. The van der Waals surface area contributed by atoms with E-state index in [0.717, 1.165) is 17.8 Å². The highest BCUT2D eigenvalue weighted by atomic mass is 16.2. The third-order valence-corrected chi connectivity index (χ3v) is 4.58. The number of amides is 1. The van der Waals surface area contributed by atoms with E-state index in [0.29, 0.717) is 24.0 Å².